The number of anilines is 1. The van der Waals surface area contributed by atoms with Crippen LogP contribution in [-0.4, -0.2) is 37.1 Å². The van der Waals surface area contributed by atoms with E-state index >= 15 is 0 Å². The first-order valence-corrected chi connectivity index (χ1v) is 9.08. The van der Waals surface area contributed by atoms with Gasteiger partial charge in [-0.25, -0.2) is 9.78 Å². The van der Waals surface area contributed by atoms with Crippen molar-refractivity contribution in [3.05, 3.63) is 34.8 Å². The van der Waals surface area contributed by atoms with Gasteiger partial charge >= 0.3 is 5.97 Å². The number of amides is 1. The molecular weight excluding hydrogens is 356 g/mol. The molecule has 0 fully saturated rings. The molecule has 1 heterocycles. The van der Waals surface area contributed by atoms with Crippen LogP contribution in [0.2, 0.25) is 0 Å². The SMILES string of the molecule is CCOc1ccc(C(=O)OCc2csc(N(CC)C(C)=O)n2)cc1OC. The number of methoxy groups -OCH3 is 1. The Bertz CT molecular complexity index is 775. The van der Waals surface area contributed by atoms with Gasteiger partial charge in [-0.3, -0.25) is 9.69 Å². The van der Waals surface area contributed by atoms with Crippen molar-refractivity contribution >= 4 is 28.3 Å². The minimum atomic E-state index is -0.486. The molecule has 0 aliphatic carbocycles. The van der Waals surface area contributed by atoms with Crippen molar-refractivity contribution in [2.75, 3.05) is 25.2 Å². The molecule has 0 unspecified atom stereocenters. The van der Waals surface area contributed by atoms with E-state index in [0.717, 1.165) is 0 Å². The van der Waals surface area contributed by atoms with Gasteiger partial charge in [-0.1, -0.05) is 0 Å². The van der Waals surface area contributed by atoms with Crippen molar-refractivity contribution in [3.63, 3.8) is 0 Å². The standard InChI is InChI=1S/C18H22N2O5S/c1-5-20(12(3)21)18-19-14(11-26-18)10-25-17(22)13-7-8-15(24-6-2)16(9-13)23-4/h7-9,11H,5-6,10H2,1-4H3. The molecule has 140 valence electrons. The van der Waals surface area contributed by atoms with E-state index in [0.29, 0.717) is 41.0 Å². The molecule has 2 rings (SSSR count). The van der Waals surface area contributed by atoms with Gasteiger partial charge in [0.2, 0.25) is 5.91 Å². The predicted molar refractivity (Wildman–Crippen MR) is 99.1 cm³/mol. The molecule has 0 saturated heterocycles. The second-order valence-electron chi connectivity index (χ2n) is 5.26. The summed E-state index contributed by atoms with van der Waals surface area (Å²) in [5.74, 6) is 0.476. The van der Waals surface area contributed by atoms with Crippen molar-refractivity contribution in [1.82, 2.24) is 4.98 Å². The summed E-state index contributed by atoms with van der Waals surface area (Å²) >= 11 is 1.34. The minimum absolute atomic E-state index is 0.0281. The van der Waals surface area contributed by atoms with Crippen LogP contribution in [0.3, 0.4) is 0 Å². The summed E-state index contributed by atoms with van der Waals surface area (Å²) in [5.41, 5.74) is 0.954. The van der Waals surface area contributed by atoms with Crippen LogP contribution >= 0.6 is 11.3 Å². The van der Waals surface area contributed by atoms with E-state index in [-0.39, 0.29) is 12.5 Å². The van der Waals surface area contributed by atoms with E-state index in [1.54, 1.807) is 28.5 Å². The van der Waals surface area contributed by atoms with Gasteiger partial charge in [0.05, 0.1) is 25.0 Å². The van der Waals surface area contributed by atoms with Gasteiger partial charge in [0.15, 0.2) is 16.6 Å². The Hall–Kier alpha value is -2.61. The third-order valence-electron chi connectivity index (χ3n) is 3.52. The van der Waals surface area contributed by atoms with Crippen LogP contribution in [0.25, 0.3) is 0 Å². The summed E-state index contributed by atoms with van der Waals surface area (Å²) in [6.07, 6.45) is 0. The lowest BCUT2D eigenvalue weighted by atomic mass is 10.2. The molecule has 0 spiro atoms. The van der Waals surface area contributed by atoms with Crippen molar-refractivity contribution in [2.45, 2.75) is 27.4 Å². The Kier molecular flexibility index (Phi) is 6.97. The highest BCUT2D eigenvalue weighted by molar-refractivity contribution is 7.14. The van der Waals surface area contributed by atoms with Gasteiger partial charge in [0.1, 0.15) is 6.61 Å². The van der Waals surface area contributed by atoms with Gasteiger partial charge in [-0.15, -0.1) is 11.3 Å². The summed E-state index contributed by atoms with van der Waals surface area (Å²) in [7, 11) is 1.51. The highest BCUT2D eigenvalue weighted by Crippen LogP contribution is 2.28. The lowest BCUT2D eigenvalue weighted by Crippen LogP contribution is -2.27. The Morgan fingerprint density at radius 3 is 2.62 bits per heavy atom. The molecule has 0 radical (unpaired) electrons. The molecule has 7 nitrogen and oxygen atoms in total. The summed E-state index contributed by atoms with van der Waals surface area (Å²) in [4.78, 5) is 29.7. The Labute approximate surface area is 156 Å². The zero-order valence-electron chi connectivity index (χ0n) is 15.3. The van der Waals surface area contributed by atoms with Crippen molar-refractivity contribution in [1.29, 1.82) is 0 Å². The smallest absolute Gasteiger partial charge is 0.338 e. The number of rotatable bonds is 8. The van der Waals surface area contributed by atoms with Crippen LogP contribution in [0.1, 0.15) is 36.8 Å². The van der Waals surface area contributed by atoms with E-state index in [4.69, 9.17) is 14.2 Å². The molecule has 0 N–H and O–H groups in total. The largest absolute Gasteiger partial charge is 0.493 e. The van der Waals surface area contributed by atoms with Crippen molar-refractivity contribution < 1.29 is 23.8 Å². The van der Waals surface area contributed by atoms with Crippen LogP contribution in [0.4, 0.5) is 5.13 Å². The normalized spacial score (nSPS) is 10.3. The maximum absolute atomic E-state index is 12.3. The zero-order chi connectivity index (χ0) is 19.1. The van der Waals surface area contributed by atoms with Crippen molar-refractivity contribution in [3.8, 4) is 11.5 Å². The van der Waals surface area contributed by atoms with E-state index in [1.165, 1.54) is 25.4 Å². The Morgan fingerprint density at radius 2 is 2.00 bits per heavy atom. The number of thiazole rings is 1. The molecule has 2 aromatic rings. The van der Waals surface area contributed by atoms with E-state index < -0.39 is 5.97 Å². The number of nitrogens with zero attached hydrogens (tertiary/aromatic N) is 2. The molecule has 0 aliphatic rings. The van der Waals surface area contributed by atoms with Gasteiger partial charge < -0.3 is 14.2 Å². The third-order valence-corrected chi connectivity index (χ3v) is 4.43. The average Bonchev–Trinajstić information content (AvgIpc) is 3.09. The first-order valence-electron chi connectivity index (χ1n) is 8.20. The van der Waals surface area contributed by atoms with E-state index in [2.05, 4.69) is 4.98 Å². The highest BCUT2D eigenvalue weighted by atomic mass is 32.1. The summed E-state index contributed by atoms with van der Waals surface area (Å²) in [6.45, 7) is 6.30. The number of aromatic nitrogens is 1. The topological polar surface area (TPSA) is 78.0 Å². The third kappa shape index (κ3) is 4.72. The number of carbonyl (C=O) groups is 2. The van der Waals surface area contributed by atoms with Crippen LogP contribution < -0.4 is 14.4 Å². The van der Waals surface area contributed by atoms with Gasteiger partial charge in [-0.2, -0.15) is 0 Å². The number of carbonyl (C=O) groups excluding carboxylic acids is 2. The fraction of sp³-hybridized carbons (Fsp3) is 0.389. The molecule has 26 heavy (non-hydrogen) atoms. The van der Waals surface area contributed by atoms with Crippen LogP contribution in [0, 0.1) is 0 Å². The van der Waals surface area contributed by atoms with Crippen LogP contribution in [-0.2, 0) is 16.1 Å². The first-order chi connectivity index (χ1) is 12.5. The van der Waals surface area contributed by atoms with Gasteiger partial charge in [-0.05, 0) is 32.0 Å². The molecule has 0 aliphatic heterocycles. The minimum Gasteiger partial charge on any atom is -0.493 e. The Balaban J connectivity index is 2.03. The molecule has 1 amide bonds. The number of ether oxygens (including phenoxy) is 3. The van der Waals surface area contributed by atoms with Gasteiger partial charge in [0.25, 0.3) is 0 Å². The molecule has 1 aromatic heterocycles. The molecule has 0 atom stereocenters. The molecule has 0 bridgehead atoms. The number of hydrogen-bond acceptors (Lipinski definition) is 7. The molecular formula is C18H22N2O5S. The fourth-order valence-electron chi connectivity index (χ4n) is 2.27. The quantitative estimate of drug-likeness (QED) is 0.656. The summed E-state index contributed by atoms with van der Waals surface area (Å²) in [5, 5.41) is 2.36. The lowest BCUT2D eigenvalue weighted by molar-refractivity contribution is -0.116. The maximum Gasteiger partial charge on any atom is 0.338 e. The fourth-order valence-corrected chi connectivity index (χ4v) is 3.19. The molecule has 8 heteroatoms. The van der Waals surface area contributed by atoms with Crippen LogP contribution in [0.5, 0.6) is 11.5 Å². The zero-order valence-corrected chi connectivity index (χ0v) is 16.1. The molecule has 1 aromatic carbocycles. The summed E-state index contributed by atoms with van der Waals surface area (Å²) in [6, 6.07) is 4.87. The van der Waals surface area contributed by atoms with Crippen LogP contribution in [0.15, 0.2) is 23.6 Å². The number of esters is 1. The monoisotopic (exact) mass is 378 g/mol. The highest BCUT2D eigenvalue weighted by Gasteiger charge is 2.16. The van der Waals surface area contributed by atoms with Crippen molar-refractivity contribution in [2.24, 2.45) is 0 Å². The summed E-state index contributed by atoms with van der Waals surface area (Å²) < 4.78 is 16.0. The maximum atomic E-state index is 12.3. The average molecular weight is 378 g/mol. The Morgan fingerprint density at radius 1 is 1.23 bits per heavy atom. The van der Waals surface area contributed by atoms with E-state index in [1.807, 2.05) is 13.8 Å². The second-order valence-corrected chi connectivity index (χ2v) is 6.10. The van der Waals surface area contributed by atoms with Gasteiger partial charge in [0, 0.05) is 18.8 Å². The lowest BCUT2D eigenvalue weighted by Gasteiger charge is -2.14. The number of hydrogen-bond donors (Lipinski definition) is 0. The number of benzene rings is 1. The second kappa shape index (κ2) is 9.19. The first kappa shape index (κ1) is 19.7. The van der Waals surface area contributed by atoms with E-state index in [9.17, 15) is 9.59 Å². The predicted octanol–water partition coefficient (Wildman–Crippen LogP) is 3.28. The molecule has 0 saturated carbocycles.